The molecule has 1 fully saturated rings. The van der Waals surface area contributed by atoms with E-state index in [0.717, 1.165) is 22.3 Å². The zero-order valence-electron chi connectivity index (χ0n) is 41.7. The van der Waals surface area contributed by atoms with Gasteiger partial charge >= 0.3 is 12.1 Å². The van der Waals surface area contributed by atoms with Crippen molar-refractivity contribution < 1.29 is 52.3 Å². The van der Waals surface area contributed by atoms with E-state index in [0.29, 0.717) is 5.56 Å². The molecule has 0 radical (unpaired) electrons. The van der Waals surface area contributed by atoms with E-state index in [4.69, 9.17) is 33.2 Å². The smallest absolute Gasteiger partial charge is 0.408 e. The summed E-state index contributed by atoms with van der Waals surface area (Å²) in [5, 5.41) is 8.77. The molecule has 1 aliphatic heterocycles. The predicted molar refractivity (Wildman–Crippen MR) is 269 cm³/mol. The van der Waals surface area contributed by atoms with Crippen molar-refractivity contribution in [1.82, 2.24) is 16.0 Å². The highest BCUT2D eigenvalue weighted by Gasteiger charge is 2.58. The number of nitrogens with one attached hydrogen (secondary N) is 3. The zero-order valence-corrected chi connectivity index (χ0v) is 41.7. The van der Waals surface area contributed by atoms with Crippen molar-refractivity contribution in [2.45, 2.75) is 135 Å². The van der Waals surface area contributed by atoms with Crippen molar-refractivity contribution in [3.8, 4) is 0 Å². The molecule has 3 amide bonds. The predicted octanol–water partition coefficient (Wildman–Crippen LogP) is 9.01. The lowest BCUT2D eigenvalue weighted by Gasteiger charge is -2.52. The van der Waals surface area contributed by atoms with Crippen LogP contribution in [0.15, 0.2) is 152 Å². The Bertz CT molecular complexity index is 2400. The second-order valence-electron chi connectivity index (χ2n) is 19.5. The molecule has 14 heteroatoms. The number of hydrogen-bond donors (Lipinski definition) is 3. The van der Waals surface area contributed by atoms with Gasteiger partial charge in [0, 0.05) is 12.1 Å². The van der Waals surface area contributed by atoms with Gasteiger partial charge in [-0.1, -0.05) is 140 Å². The number of carbonyl (C=O) groups is 4. The Kier molecular flexibility index (Phi) is 19.9. The normalized spacial score (nSPS) is 19.5. The molecule has 1 heterocycles. The van der Waals surface area contributed by atoms with Gasteiger partial charge < -0.3 is 49.1 Å². The lowest BCUT2D eigenvalue weighted by Crippen LogP contribution is -2.73. The number of rotatable bonds is 23. The van der Waals surface area contributed by atoms with Gasteiger partial charge in [-0.05, 0) is 88.8 Å². The van der Waals surface area contributed by atoms with E-state index >= 15 is 0 Å². The van der Waals surface area contributed by atoms with E-state index in [1.807, 2.05) is 127 Å². The van der Waals surface area contributed by atoms with Gasteiger partial charge in [-0.3, -0.25) is 9.59 Å². The van der Waals surface area contributed by atoms with Crippen molar-refractivity contribution in [1.29, 1.82) is 0 Å². The Morgan fingerprint density at radius 3 is 1.56 bits per heavy atom. The summed E-state index contributed by atoms with van der Waals surface area (Å²) in [6.45, 7) is 11.0. The zero-order chi connectivity index (χ0) is 50.7. The van der Waals surface area contributed by atoms with Gasteiger partial charge in [-0.2, -0.15) is 0 Å². The maximum atomic E-state index is 14.7. The van der Waals surface area contributed by atoms with Crippen LogP contribution < -0.4 is 16.0 Å². The Hall–Kier alpha value is -6.42. The molecule has 1 saturated heterocycles. The van der Waals surface area contributed by atoms with Gasteiger partial charge in [-0.25, -0.2) is 9.59 Å². The van der Waals surface area contributed by atoms with Gasteiger partial charge in [-0.15, -0.1) is 0 Å². The van der Waals surface area contributed by atoms with Crippen LogP contribution in [0.25, 0.3) is 0 Å². The standard InChI is InChI=1S/C57H69N3O11/c1-55(2,3)70-53(63)46(59-54(64)71-56(4,5)6)33-22-34-58-48(61)35-57(60-52(62)45-31-20-11-21-32-45)51(68-39-44-29-18-10-19-30-44)50(67-38-43-27-16-9-17-28-43)49(66-37-42-25-14-8-15-26-42)47(69-57)40-65-36-41-23-12-7-13-24-41/h7-21,23-32,46-47,49-51H,22,33-40H2,1-6H3,(H,58,61)(H,59,64)(H,60,62)/t46-,47+,49-,50-,51+,57-/m0/s1. The molecule has 14 nitrogen and oxygen atoms in total. The van der Waals surface area contributed by atoms with E-state index in [-0.39, 0.29) is 52.4 Å². The summed E-state index contributed by atoms with van der Waals surface area (Å²) in [5.41, 5.74) is 0.336. The molecule has 0 bridgehead atoms. The summed E-state index contributed by atoms with van der Waals surface area (Å²) in [5.74, 6) is -1.66. The van der Waals surface area contributed by atoms with Crippen molar-refractivity contribution in [3.63, 3.8) is 0 Å². The molecule has 71 heavy (non-hydrogen) atoms. The summed E-state index contributed by atoms with van der Waals surface area (Å²) in [6, 6.07) is 46.3. The molecule has 3 N–H and O–H groups in total. The maximum absolute atomic E-state index is 14.7. The molecule has 0 spiro atoms. The molecule has 0 aliphatic carbocycles. The molecular weight excluding hydrogens is 903 g/mol. The van der Waals surface area contributed by atoms with Crippen LogP contribution in [0.5, 0.6) is 0 Å². The number of benzene rings is 5. The first kappa shape index (κ1) is 53.9. The number of alkyl carbamates (subject to hydrolysis) is 1. The van der Waals surface area contributed by atoms with Crippen LogP contribution in [-0.4, -0.2) is 84.4 Å². The SMILES string of the molecule is CC(C)(C)OC(=O)N[C@@H](CCCNC(=O)C[C@]1(NC(=O)c2ccccc2)O[C@H](COCc2ccccc2)[C@H](OCc2ccccc2)[C@H](OCc2ccccc2)[C@H]1OCc1ccccc1)C(=O)OC(C)(C)C. The summed E-state index contributed by atoms with van der Waals surface area (Å²) in [7, 11) is 0. The van der Waals surface area contributed by atoms with Crippen LogP contribution in [0.4, 0.5) is 4.79 Å². The van der Waals surface area contributed by atoms with Gasteiger partial charge in [0.05, 0.1) is 39.5 Å². The van der Waals surface area contributed by atoms with Gasteiger partial charge in [0.25, 0.3) is 5.91 Å². The fourth-order valence-electron chi connectivity index (χ4n) is 8.00. The first-order chi connectivity index (χ1) is 34.1. The largest absolute Gasteiger partial charge is 0.458 e. The average molecular weight is 972 g/mol. The van der Waals surface area contributed by atoms with Crippen molar-refractivity contribution in [2.24, 2.45) is 0 Å². The fraction of sp³-hybridized carbons (Fsp3) is 0.404. The third kappa shape index (κ3) is 17.7. The monoisotopic (exact) mass is 971 g/mol. The molecule has 0 aromatic heterocycles. The number of hydrogen-bond acceptors (Lipinski definition) is 11. The highest BCUT2D eigenvalue weighted by molar-refractivity contribution is 5.95. The van der Waals surface area contributed by atoms with Crippen LogP contribution in [0.2, 0.25) is 0 Å². The third-order valence-corrected chi connectivity index (χ3v) is 11.2. The van der Waals surface area contributed by atoms with Gasteiger partial charge in [0.15, 0.2) is 5.72 Å². The summed E-state index contributed by atoms with van der Waals surface area (Å²) >= 11 is 0. The molecule has 6 atom stereocenters. The first-order valence-corrected chi connectivity index (χ1v) is 24.2. The summed E-state index contributed by atoms with van der Waals surface area (Å²) in [6.07, 6.45) is -4.80. The van der Waals surface area contributed by atoms with Gasteiger partial charge in [0.1, 0.15) is 41.7 Å². The molecule has 6 rings (SSSR count). The molecule has 378 valence electrons. The fourth-order valence-corrected chi connectivity index (χ4v) is 8.00. The van der Waals surface area contributed by atoms with Crippen molar-refractivity contribution >= 4 is 23.9 Å². The quantitative estimate of drug-likeness (QED) is 0.0422. The van der Waals surface area contributed by atoms with Gasteiger partial charge in [0.2, 0.25) is 5.91 Å². The minimum absolute atomic E-state index is 0.0216. The van der Waals surface area contributed by atoms with E-state index < -0.39 is 77.7 Å². The van der Waals surface area contributed by atoms with E-state index in [1.165, 1.54) is 0 Å². The average Bonchev–Trinajstić information content (AvgIpc) is 3.34. The molecule has 0 unspecified atom stereocenters. The van der Waals surface area contributed by atoms with E-state index in [9.17, 15) is 19.2 Å². The lowest BCUT2D eigenvalue weighted by atomic mass is 9.86. The van der Waals surface area contributed by atoms with Crippen LogP contribution in [-0.2, 0) is 69.2 Å². The summed E-state index contributed by atoms with van der Waals surface area (Å²) in [4.78, 5) is 55.5. The summed E-state index contributed by atoms with van der Waals surface area (Å²) < 4.78 is 45.5. The Labute approximate surface area is 418 Å². The van der Waals surface area contributed by atoms with E-state index in [2.05, 4.69) is 16.0 Å². The highest BCUT2D eigenvalue weighted by atomic mass is 16.6. The minimum Gasteiger partial charge on any atom is -0.458 e. The maximum Gasteiger partial charge on any atom is 0.408 e. The van der Waals surface area contributed by atoms with Crippen LogP contribution >= 0.6 is 0 Å². The minimum atomic E-state index is -1.90. The second-order valence-corrected chi connectivity index (χ2v) is 19.5. The number of esters is 1. The van der Waals surface area contributed by atoms with Crippen molar-refractivity contribution in [3.05, 3.63) is 179 Å². The van der Waals surface area contributed by atoms with Crippen molar-refractivity contribution in [2.75, 3.05) is 13.2 Å². The molecule has 5 aromatic rings. The van der Waals surface area contributed by atoms with Crippen LogP contribution in [0, 0.1) is 0 Å². The molecule has 1 aliphatic rings. The number of ether oxygens (including phenoxy) is 7. The molecule has 0 saturated carbocycles. The Morgan fingerprint density at radius 2 is 1.06 bits per heavy atom. The topological polar surface area (TPSA) is 169 Å². The van der Waals surface area contributed by atoms with Crippen LogP contribution in [0.3, 0.4) is 0 Å². The Balaban J connectivity index is 1.37. The lowest BCUT2D eigenvalue weighted by molar-refractivity contribution is -0.313. The number of amides is 3. The van der Waals surface area contributed by atoms with E-state index in [1.54, 1.807) is 65.8 Å². The Morgan fingerprint density at radius 1 is 0.592 bits per heavy atom. The highest BCUT2D eigenvalue weighted by Crippen LogP contribution is 2.38. The third-order valence-electron chi connectivity index (χ3n) is 11.2. The van der Waals surface area contributed by atoms with Crippen LogP contribution in [0.1, 0.15) is 93.4 Å². The molecular formula is C57H69N3O11. The molecule has 5 aromatic carbocycles. The second kappa shape index (κ2) is 26.1. The first-order valence-electron chi connectivity index (χ1n) is 24.2. The number of carbonyl (C=O) groups excluding carboxylic acids is 4.